The van der Waals surface area contributed by atoms with Crippen LogP contribution >= 0.6 is 0 Å². The topological polar surface area (TPSA) is 95.9 Å². The number of carbonyl (C=O) groups excluding carboxylic acids is 2. The number of carbonyl (C=O) groups is 2. The monoisotopic (exact) mass is 834 g/mol. The van der Waals surface area contributed by atoms with Crippen LogP contribution in [0.25, 0.3) is 0 Å². The third kappa shape index (κ3) is 45.9. The summed E-state index contributed by atoms with van der Waals surface area (Å²) >= 11 is 0. The van der Waals surface area contributed by atoms with Gasteiger partial charge in [-0.2, -0.15) is 0 Å². The van der Waals surface area contributed by atoms with Gasteiger partial charge in [-0.3, -0.25) is 9.59 Å². The highest BCUT2D eigenvalue weighted by Crippen LogP contribution is 2.17. The standard InChI is InChI=1S/C53H103NO5/c1-3-5-7-9-11-13-15-17-19-20-21-22-23-25-29-33-37-41-45-51(56)50(49-55)54-52(57)46-42-38-34-30-27-28-32-36-40-44-48-59-53(58)47-43-39-35-31-26-24-18-16-14-12-10-8-6-4-2/h16,18,50-51,55-56H,3-15,17,19-49H2,1-2H3,(H,54,57)/b18-16-. The zero-order valence-corrected chi connectivity index (χ0v) is 39.7. The maximum Gasteiger partial charge on any atom is 0.305 e. The van der Waals surface area contributed by atoms with Gasteiger partial charge < -0.3 is 20.3 Å². The molecule has 0 fully saturated rings. The van der Waals surface area contributed by atoms with Crippen LogP contribution in [0.1, 0.15) is 290 Å². The predicted octanol–water partition coefficient (Wildman–Crippen LogP) is 15.7. The number of amides is 1. The molecule has 59 heavy (non-hydrogen) atoms. The summed E-state index contributed by atoms with van der Waals surface area (Å²) in [5.41, 5.74) is 0. The van der Waals surface area contributed by atoms with Gasteiger partial charge in [-0.15, -0.1) is 0 Å². The molecule has 0 aromatic heterocycles. The third-order valence-corrected chi connectivity index (χ3v) is 12.3. The molecule has 0 saturated heterocycles. The van der Waals surface area contributed by atoms with Gasteiger partial charge in [-0.25, -0.2) is 0 Å². The van der Waals surface area contributed by atoms with E-state index in [9.17, 15) is 19.8 Å². The summed E-state index contributed by atoms with van der Waals surface area (Å²) in [7, 11) is 0. The Labute approximate surface area is 368 Å². The smallest absolute Gasteiger partial charge is 0.305 e. The molecule has 2 atom stereocenters. The molecule has 0 aliphatic carbocycles. The molecule has 3 N–H and O–H groups in total. The second kappa shape index (κ2) is 49.3. The first-order valence-electron chi connectivity index (χ1n) is 26.4. The van der Waals surface area contributed by atoms with E-state index in [0.29, 0.717) is 25.9 Å². The van der Waals surface area contributed by atoms with Crippen molar-refractivity contribution in [1.29, 1.82) is 0 Å². The summed E-state index contributed by atoms with van der Waals surface area (Å²) in [4.78, 5) is 24.5. The quantitative estimate of drug-likeness (QED) is 0.0322. The molecule has 0 aromatic rings. The molecule has 0 aromatic carbocycles. The lowest BCUT2D eigenvalue weighted by molar-refractivity contribution is -0.143. The van der Waals surface area contributed by atoms with Crippen LogP contribution in [0.3, 0.4) is 0 Å². The molecule has 0 saturated carbocycles. The summed E-state index contributed by atoms with van der Waals surface area (Å²) in [5.74, 6) is -0.0827. The molecule has 350 valence electrons. The zero-order chi connectivity index (χ0) is 43.0. The van der Waals surface area contributed by atoms with Crippen molar-refractivity contribution in [2.24, 2.45) is 0 Å². The van der Waals surface area contributed by atoms with E-state index in [2.05, 4.69) is 31.3 Å². The number of aliphatic hydroxyl groups is 2. The van der Waals surface area contributed by atoms with E-state index in [4.69, 9.17) is 4.74 Å². The van der Waals surface area contributed by atoms with Crippen LogP contribution in [0, 0.1) is 0 Å². The average molecular weight is 834 g/mol. The first-order valence-corrected chi connectivity index (χ1v) is 26.4. The Morgan fingerprint density at radius 2 is 0.797 bits per heavy atom. The van der Waals surface area contributed by atoms with E-state index in [1.807, 2.05) is 0 Å². The van der Waals surface area contributed by atoms with E-state index in [1.54, 1.807) is 0 Å². The molecule has 2 unspecified atom stereocenters. The Morgan fingerprint density at radius 3 is 1.20 bits per heavy atom. The summed E-state index contributed by atoms with van der Waals surface area (Å²) in [5, 5.41) is 23.3. The number of nitrogens with one attached hydrogen (secondary N) is 1. The van der Waals surface area contributed by atoms with Crippen molar-refractivity contribution in [1.82, 2.24) is 5.32 Å². The SMILES string of the molecule is CCCCCCC/C=C\CCCCCCCC(=O)OCCCCCCCCCCCCC(=O)NC(CO)C(O)CCCCCCCCCCCCCCCCCCCC. The number of aliphatic hydroxyl groups excluding tert-OH is 2. The molecule has 0 aliphatic heterocycles. The van der Waals surface area contributed by atoms with Crippen LogP contribution < -0.4 is 5.32 Å². The molecular formula is C53H103NO5. The van der Waals surface area contributed by atoms with Gasteiger partial charge in [0, 0.05) is 12.8 Å². The lowest BCUT2D eigenvalue weighted by Crippen LogP contribution is -2.45. The number of allylic oxidation sites excluding steroid dienone is 2. The molecule has 6 nitrogen and oxygen atoms in total. The summed E-state index contributed by atoms with van der Waals surface area (Å²) in [6, 6.07) is -0.558. The fourth-order valence-electron chi connectivity index (χ4n) is 8.22. The largest absolute Gasteiger partial charge is 0.466 e. The van der Waals surface area contributed by atoms with E-state index in [0.717, 1.165) is 57.8 Å². The number of unbranched alkanes of at least 4 members (excludes halogenated alkanes) is 36. The highest BCUT2D eigenvalue weighted by atomic mass is 16.5. The van der Waals surface area contributed by atoms with Gasteiger partial charge in [0.15, 0.2) is 0 Å². The molecule has 0 rings (SSSR count). The first-order chi connectivity index (χ1) is 29.0. The van der Waals surface area contributed by atoms with Gasteiger partial charge in [-0.05, 0) is 51.4 Å². The van der Waals surface area contributed by atoms with Crippen LogP contribution in [0.2, 0.25) is 0 Å². The van der Waals surface area contributed by atoms with E-state index < -0.39 is 12.1 Å². The maximum atomic E-state index is 12.5. The minimum Gasteiger partial charge on any atom is -0.466 e. The van der Waals surface area contributed by atoms with Gasteiger partial charge in [0.2, 0.25) is 5.91 Å². The first kappa shape index (κ1) is 57.6. The van der Waals surface area contributed by atoms with Crippen molar-refractivity contribution in [2.75, 3.05) is 13.2 Å². The predicted molar refractivity (Wildman–Crippen MR) is 255 cm³/mol. The molecule has 0 bridgehead atoms. The minimum absolute atomic E-state index is 0.0267. The lowest BCUT2D eigenvalue weighted by atomic mass is 10.0. The maximum absolute atomic E-state index is 12.5. The highest BCUT2D eigenvalue weighted by Gasteiger charge is 2.20. The normalized spacial score (nSPS) is 12.7. The molecule has 0 aliphatic rings. The van der Waals surface area contributed by atoms with Crippen LogP contribution in [0.4, 0.5) is 0 Å². The number of esters is 1. The molecule has 0 radical (unpaired) electrons. The molecule has 0 spiro atoms. The highest BCUT2D eigenvalue weighted by molar-refractivity contribution is 5.76. The van der Waals surface area contributed by atoms with Crippen molar-refractivity contribution in [3.63, 3.8) is 0 Å². The molecule has 0 heterocycles. The Hall–Kier alpha value is -1.40. The van der Waals surface area contributed by atoms with Crippen LogP contribution in [-0.2, 0) is 14.3 Å². The Morgan fingerprint density at radius 1 is 0.458 bits per heavy atom. The van der Waals surface area contributed by atoms with E-state index in [1.165, 1.54) is 199 Å². The van der Waals surface area contributed by atoms with E-state index >= 15 is 0 Å². The fourth-order valence-corrected chi connectivity index (χ4v) is 8.22. The zero-order valence-electron chi connectivity index (χ0n) is 39.7. The summed E-state index contributed by atoms with van der Waals surface area (Å²) in [6.45, 7) is 4.90. The van der Waals surface area contributed by atoms with Gasteiger partial charge in [0.25, 0.3) is 0 Å². The van der Waals surface area contributed by atoms with Crippen LogP contribution in [0.15, 0.2) is 12.2 Å². The molecular weight excluding hydrogens is 731 g/mol. The Balaban J connectivity index is 3.48. The number of hydrogen-bond acceptors (Lipinski definition) is 5. The van der Waals surface area contributed by atoms with E-state index in [-0.39, 0.29) is 18.5 Å². The van der Waals surface area contributed by atoms with Crippen molar-refractivity contribution in [3.05, 3.63) is 12.2 Å². The fraction of sp³-hybridized carbons (Fsp3) is 0.925. The second-order valence-electron chi connectivity index (χ2n) is 18.2. The lowest BCUT2D eigenvalue weighted by Gasteiger charge is -2.22. The van der Waals surface area contributed by atoms with Crippen molar-refractivity contribution >= 4 is 11.9 Å². The van der Waals surface area contributed by atoms with Gasteiger partial charge in [0.1, 0.15) is 0 Å². The average Bonchev–Trinajstić information content (AvgIpc) is 3.24. The van der Waals surface area contributed by atoms with Crippen molar-refractivity contribution in [3.8, 4) is 0 Å². The van der Waals surface area contributed by atoms with Crippen molar-refractivity contribution in [2.45, 2.75) is 302 Å². The summed E-state index contributed by atoms with van der Waals surface area (Å²) in [6.07, 6.45) is 56.0. The number of rotatable bonds is 49. The summed E-state index contributed by atoms with van der Waals surface area (Å²) < 4.78 is 5.45. The minimum atomic E-state index is -0.679. The molecule has 6 heteroatoms. The van der Waals surface area contributed by atoms with Crippen molar-refractivity contribution < 1.29 is 24.5 Å². The Kier molecular flexibility index (Phi) is 48.1. The van der Waals surface area contributed by atoms with Gasteiger partial charge in [0.05, 0.1) is 25.4 Å². The number of hydrogen-bond donors (Lipinski definition) is 3. The second-order valence-corrected chi connectivity index (χ2v) is 18.2. The molecule has 1 amide bonds. The van der Waals surface area contributed by atoms with Gasteiger partial charge in [-0.1, -0.05) is 238 Å². The van der Waals surface area contributed by atoms with Crippen LogP contribution in [0.5, 0.6) is 0 Å². The Bertz CT molecular complexity index is 878. The van der Waals surface area contributed by atoms with Gasteiger partial charge >= 0.3 is 5.97 Å². The number of ether oxygens (including phenoxy) is 1. The third-order valence-electron chi connectivity index (χ3n) is 12.3. The van der Waals surface area contributed by atoms with Crippen LogP contribution in [-0.4, -0.2) is 47.4 Å².